The number of aliphatic hydroxyl groups excluding tert-OH is 1. The van der Waals surface area contributed by atoms with Crippen molar-refractivity contribution < 1.29 is 9.90 Å². The van der Waals surface area contributed by atoms with Crippen LogP contribution in [0.4, 0.5) is 0 Å². The number of aliphatic hydroxyl groups is 1. The van der Waals surface area contributed by atoms with Gasteiger partial charge >= 0.3 is 0 Å². The van der Waals surface area contributed by atoms with Crippen LogP contribution in [0.15, 0.2) is 0 Å². The molecule has 4 nitrogen and oxygen atoms in total. The Balaban J connectivity index is 3.65. The van der Waals surface area contributed by atoms with Crippen LogP contribution in [0, 0.1) is 0 Å². The summed E-state index contributed by atoms with van der Waals surface area (Å²) in [6.07, 6.45) is -0.398. The topological polar surface area (TPSA) is 52.6 Å². The first-order valence-corrected chi connectivity index (χ1v) is 4.54. The number of nitrogens with zero attached hydrogens (tertiary/aromatic N) is 1. The van der Waals surface area contributed by atoms with Gasteiger partial charge in [-0.1, -0.05) is 0 Å². The summed E-state index contributed by atoms with van der Waals surface area (Å²) in [7, 11) is 3.73. The lowest BCUT2D eigenvalue weighted by Gasteiger charge is -2.16. The van der Waals surface area contributed by atoms with Gasteiger partial charge in [0.25, 0.3) is 0 Å². The van der Waals surface area contributed by atoms with Crippen molar-refractivity contribution in [3.63, 3.8) is 0 Å². The van der Waals surface area contributed by atoms with Crippen molar-refractivity contribution >= 4 is 5.91 Å². The van der Waals surface area contributed by atoms with E-state index < -0.39 is 6.10 Å². The number of carbonyl (C=O) groups is 1. The summed E-state index contributed by atoms with van der Waals surface area (Å²) in [6, 6.07) is 0.138. The van der Waals surface area contributed by atoms with Crippen LogP contribution in [-0.2, 0) is 4.79 Å². The number of carbonyl (C=O) groups excluding carboxylic acids is 1. The van der Waals surface area contributed by atoms with Crippen LogP contribution in [0.25, 0.3) is 0 Å². The molecule has 0 aliphatic rings. The molecule has 2 N–H and O–H groups in total. The second-order valence-electron chi connectivity index (χ2n) is 3.84. The van der Waals surface area contributed by atoms with Crippen molar-refractivity contribution in [2.45, 2.75) is 32.4 Å². The largest absolute Gasteiger partial charge is 0.391 e. The molecule has 0 spiro atoms. The molecule has 0 saturated carbocycles. The Morgan fingerprint density at radius 2 is 2.00 bits per heavy atom. The second kappa shape index (κ2) is 5.94. The molecule has 0 saturated heterocycles. The van der Waals surface area contributed by atoms with Crippen molar-refractivity contribution in [1.29, 1.82) is 0 Å². The Kier molecular flexibility index (Phi) is 5.66. The van der Waals surface area contributed by atoms with Crippen molar-refractivity contribution in [3.8, 4) is 0 Å². The summed E-state index contributed by atoms with van der Waals surface area (Å²) >= 11 is 0. The van der Waals surface area contributed by atoms with Crippen LogP contribution in [0.2, 0.25) is 0 Å². The lowest BCUT2D eigenvalue weighted by molar-refractivity contribution is -0.123. The molecule has 0 heterocycles. The van der Waals surface area contributed by atoms with E-state index in [0.717, 1.165) is 0 Å². The maximum absolute atomic E-state index is 11.2. The fourth-order valence-electron chi connectivity index (χ4n) is 1.08. The number of nitrogens with one attached hydrogen (secondary N) is 1. The molecular formula is C9H20N2O2. The van der Waals surface area contributed by atoms with Crippen LogP contribution in [0.5, 0.6) is 0 Å². The molecule has 0 fully saturated rings. The van der Waals surface area contributed by atoms with Crippen molar-refractivity contribution in [2.75, 3.05) is 20.6 Å². The standard InChI is InChI=1S/C9H20N2O2/c1-7(2)10-9(13)5-8(12)6-11(3)4/h7-8,12H,5-6H2,1-4H3,(H,10,13). The Hall–Kier alpha value is -0.610. The van der Waals surface area contributed by atoms with Gasteiger partial charge in [-0.15, -0.1) is 0 Å². The summed E-state index contributed by atoms with van der Waals surface area (Å²) in [4.78, 5) is 13.0. The van der Waals surface area contributed by atoms with Gasteiger partial charge in [-0.2, -0.15) is 0 Å². The van der Waals surface area contributed by atoms with Crippen LogP contribution in [0.1, 0.15) is 20.3 Å². The zero-order valence-electron chi connectivity index (χ0n) is 8.87. The normalized spacial score (nSPS) is 13.5. The first-order chi connectivity index (χ1) is 5.91. The smallest absolute Gasteiger partial charge is 0.222 e. The molecule has 1 atom stereocenters. The number of likely N-dealkylation sites (N-methyl/N-ethyl adjacent to an activating group) is 1. The summed E-state index contributed by atoms with van der Waals surface area (Å²) in [5.74, 6) is -0.0932. The Labute approximate surface area is 79.9 Å². The highest BCUT2D eigenvalue weighted by molar-refractivity contribution is 5.76. The summed E-state index contributed by atoms with van der Waals surface area (Å²) in [5, 5.41) is 12.1. The molecule has 1 amide bonds. The van der Waals surface area contributed by atoms with Crippen molar-refractivity contribution in [2.24, 2.45) is 0 Å². The summed E-state index contributed by atoms with van der Waals surface area (Å²) in [5.41, 5.74) is 0. The average Bonchev–Trinajstić information content (AvgIpc) is 1.80. The summed E-state index contributed by atoms with van der Waals surface area (Å²) in [6.45, 7) is 4.32. The Morgan fingerprint density at radius 1 is 1.46 bits per heavy atom. The zero-order chi connectivity index (χ0) is 10.4. The first kappa shape index (κ1) is 12.4. The van der Waals surface area contributed by atoms with E-state index in [1.807, 2.05) is 32.8 Å². The molecule has 0 rings (SSSR count). The fraction of sp³-hybridized carbons (Fsp3) is 0.889. The maximum atomic E-state index is 11.2. The van der Waals surface area contributed by atoms with Gasteiger partial charge in [0, 0.05) is 12.6 Å². The van der Waals surface area contributed by atoms with Gasteiger partial charge in [-0.3, -0.25) is 4.79 Å². The van der Waals surface area contributed by atoms with Crippen LogP contribution >= 0.6 is 0 Å². The quantitative estimate of drug-likeness (QED) is 0.629. The average molecular weight is 188 g/mol. The molecular weight excluding hydrogens is 168 g/mol. The second-order valence-corrected chi connectivity index (χ2v) is 3.84. The predicted molar refractivity (Wildman–Crippen MR) is 52.5 cm³/mol. The molecule has 0 aromatic heterocycles. The van der Waals surface area contributed by atoms with Crippen LogP contribution in [0.3, 0.4) is 0 Å². The van der Waals surface area contributed by atoms with E-state index >= 15 is 0 Å². The molecule has 0 aromatic carbocycles. The van der Waals surface area contributed by atoms with Crippen molar-refractivity contribution in [1.82, 2.24) is 10.2 Å². The van der Waals surface area contributed by atoms with E-state index in [0.29, 0.717) is 6.54 Å². The molecule has 1 unspecified atom stereocenters. The van der Waals surface area contributed by atoms with E-state index in [9.17, 15) is 9.90 Å². The number of amides is 1. The van der Waals surface area contributed by atoms with Gasteiger partial charge in [0.15, 0.2) is 0 Å². The predicted octanol–water partition coefficient (Wildman–Crippen LogP) is -0.176. The van der Waals surface area contributed by atoms with E-state index in [4.69, 9.17) is 0 Å². The van der Waals surface area contributed by atoms with Crippen LogP contribution < -0.4 is 5.32 Å². The van der Waals surface area contributed by atoms with E-state index in [1.165, 1.54) is 0 Å². The minimum atomic E-state index is -0.575. The molecule has 4 heteroatoms. The van der Waals surface area contributed by atoms with Gasteiger partial charge in [-0.05, 0) is 27.9 Å². The van der Waals surface area contributed by atoms with E-state index in [2.05, 4.69) is 5.32 Å². The summed E-state index contributed by atoms with van der Waals surface area (Å²) < 4.78 is 0. The number of hydrogen-bond acceptors (Lipinski definition) is 3. The first-order valence-electron chi connectivity index (χ1n) is 4.54. The zero-order valence-corrected chi connectivity index (χ0v) is 8.87. The van der Waals surface area contributed by atoms with E-state index in [1.54, 1.807) is 0 Å². The minimum absolute atomic E-state index is 0.0932. The Bertz CT molecular complexity index is 158. The van der Waals surface area contributed by atoms with E-state index in [-0.39, 0.29) is 18.4 Å². The third-order valence-electron chi connectivity index (χ3n) is 1.45. The molecule has 0 bridgehead atoms. The molecule has 13 heavy (non-hydrogen) atoms. The third-order valence-corrected chi connectivity index (χ3v) is 1.45. The molecule has 0 aliphatic heterocycles. The third kappa shape index (κ3) is 7.74. The maximum Gasteiger partial charge on any atom is 0.222 e. The van der Waals surface area contributed by atoms with Gasteiger partial charge in [0.05, 0.1) is 12.5 Å². The Morgan fingerprint density at radius 3 is 2.38 bits per heavy atom. The van der Waals surface area contributed by atoms with Gasteiger partial charge in [0.2, 0.25) is 5.91 Å². The van der Waals surface area contributed by atoms with Crippen molar-refractivity contribution in [3.05, 3.63) is 0 Å². The number of rotatable bonds is 5. The highest BCUT2D eigenvalue weighted by Crippen LogP contribution is 1.94. The number of hydrogen-bond donors (Lipinski definition) is 2. The lowest BCUT2D eigenvalue weighted by Crippen LogP contribution is -2.35. The molecule has 0 aliphatic carbocycles. The highest BCUT2D eigenvalue weighted by atomic mass is 16.3. The monoisotopic (exact) mass is 188 g/mol. The molecule has 0 aromatic rings. The van der Waals surface area contributed by atoms with Crippen LogP contribution in [-0.4, -0.2) is 48.7 Å². The molecule has 78 valence electrons. The fourth-order valence-corrected chi connectivity index (χ4v) is 1.08. The highest BCUT2D eigenvalue weighted by Gasteiger charge is 2.11. The van der Waals surface area contributed by atoms with Gasteiger partial charge in [0.1, 0.15) is 0 Å². The van der Waals surface area contributed by atoms with Gasteiger partial charge in [-0.25, -0.2) is 0 Å². The molecule has 0 radical (unpaired) electrons. The van der Waals surface area contributed by atoms with Gasteiger partial charge < -0.3 is 15.3 Å². The SMILES string of the molecule is CC(C)NC(=O)CC(O)CN(C)C. The lowest BCUT2D eigenvalue weighted by atomic mass is 10.2. The minimum Gasteiger partial charge on any atom is -0.391 e.